The Morgan fingerprint density at radius 2 is 1.54 bits per heavy atom. The number of hydrogen-bond donors (Lipinski definition) is 2. The van der Waals surface area contributed by atoms with Gasteiger partial charge >= 0.3 is 5.97 Å². The number of piperidine rings is 1. The molecule has 0 aromatic carbocycles. The molecule has 4 rings (SSSR count). The van der Waals surface area contributed by atoms with Gasteiger partial charge in [0, 0.05) is 71.7 Å². The number of aliphatic hydroxyl groups excluding tert-OH is 1. The Kier molecular flexibility index (Phi) is 27.6. The fourth-order valence-electron chi connectivity index (χ4n) is 11.3. The zero-order valence-electron chi connectivity index (χ0n) is 50.9. The van der Waals surface area contributed by atoms with E-state index >= 15 is 0 Å². The van der Waals surface area contributed by atoms with Gasteiger partial charge < -0.3 is 52.7 Å². The minimum absolute atomic E-state index is 0.00178. The zero-order chi connectivity index (χ0) is 58.8. The van der Waals surface area contributed by atoms with Crippen molar-refractivity contribution in [2.45, 2.75) is 225 Å². The highest BCUT2D eigenvalue weighted by molar-refractivity contribution is 6.74. The molecular weight excluding hydrogens is 1030 g/mol. The minimum atomic E-state index is -2.46. The largest absolute Gasteiger partial charge is 0.460 e. The number of amides is 1. The van der Waals surface area contributed by atoms with Gasteiger partial charge in [0.1, 0.15) is 30.1 Å². The Hall–Kier alpha value is -3.23. The number of Topliss-reactive ketones (excluding diaryl/α,β-unsaturated/α-hetero) is 3. The summed E-state index contributed by atoms with van der Waals surface area (Å²) in [6.45, 7) is 25.9. The second-order valence-electron chi connectivity index (χ2n) is 25.0. The van der Waals surface area contributed by atoms with E-state index in [-0.39, 0.29) is 79.0 Å². The van der Waals surface area contributed by atoms with Gasteiger partial charge in [-0.2, -0.15) is 0 Å². The van der Waals surface area contributed by atoms with Gasteiger partial charge in [-0.15, -0.1) is 0 Å². The second kappa shape index (κ2) is 32.0. The number of aliphatic hydroxyl groups is 2. The third-order valence-corrected chi connectivity index (χ3v) is 22.2. The van der Waals surface area contributed by atoms with Crippen molar-refractivity contribution in [1.82, 2.24) is 4.90 Å². The lowest BCUT2D eigenvalue weighted by Crippen LogP contribution is -2.61. The van der Waals surface area contributed by atoms with E-state index in [1.807, 2.05) is 58.1 Å². The quantitative estimate of drug-likeness (QED) is 0.0515. The van der Waals surface area contributed by atoms with Gasteiger partial charge in [0.15, 0.2) is 14.1 Å². The van der Waals surface area contributed by atoms with Crippen molar-refractivity contribution in [3.8, 4) is 0 Å². The number of rotatable bonds is 15. The predicted molar refractivity (Wildman–Crippen MR) is 307 cm³/mol. The molecule has 1 amide bonds. The third-order valence-electron chi connectivity index (χ3n) is 17.7. The van der Waals surface area contributed by atoms with Crippen LogP contribution in [0.5, 0.6) is 0 Å². The fourth-order valence-corrected chi connectivity index (χ4v) is 12.4. The maximum absolute atomic E-state index is 14.7. The van der Waals surface area contributed by atoms with Gasteiger partial charge in [0.25, 0.3) is 11.7 Å². The van der Waals surface area contributed by atoms with Crippen LogP contribution in [0.4, 0.5) is 0 Å². The summed E-state index contributed by atoms with van der Waals surface area (Å²) in [5, 5.41) is 23.9. The molecule has 0 spiro atoms. The van der Waals surface area contributed by atoms with E-state index in [0.717, 1.165) is 24.8 Å². The third kappa shape index (κ3) is 19.7. The Balaban J connectivity index is 1.65. The lowest BCUT2D eigenvalue weighted by Gasteiger charge is -2.43. The Morgan fingerprint density at radius 1 is 0.823 bits per heavy atom. The molecule has 3 heterocycles. The van der Waals surface area contributed by atoms with Crippen molar-refractivity contribution >= 4 is 37.5 Å². The van der Waals surface area contributed by atoms with E-state index < -0.39 is 86.1 Å². The summed E-state index contributed by atoms with van der Waals surface area (Å²) in [5.74, 6) is -7.98. The molecule has 17 heteroatoms. The number of nitrogens with zero attached hydrogens (tertiary/aromatic N) is 1. The van der Waals surface area contributed by atoms with Gasteiger partial charge in [0.05, 0.1) is 37.6 Å². The summed E-state index contributed by atoms with van der Waals surface area (Å²) in [6.07, 6.45) is 13.0. The number of methoxy groups -OCH3 is 3. The number of allylic oxidation sites excluding steroid dienone is 6. The van der Waals surface area contributed by atoms with Crippen LogP contribution in [-0.4, -0.2) is 162 Å². The highest BCUT2D eigenvalue weighted by Crippen LogP contribution is 2.39. The zero-order valence-corrected chi connectivity index (χ0v) is 51.9. The molecule has 1 saturated carbocycles. The Labute approximate surface area is 475 Å². The average molecular weight is 1130 g/mol. The number of fused-ring (bicyclic) bond motifs is 3. The topological polar surface area (TPSA) is 203 Å². The van der Waals surface area contributed by atoms with E-state index in [1.54, 1.807) is 41.1 Å². The van der Waals surface area contributed by atoms with Crippen LogP contribution < -0.4 is 0 Å². The molecule has 2 saturated heterocycles. The summed E-state index contributed by atoms with van der Waals surface area (Å²) in [6, 6.07) is -1.15. The number of hydrogen-bond acceptors (Lipinski definition) is 15. The van der Waals surface area contributed by atoms with Gasteiger partial charge in [-0.1, -0.05) is 91.8 Å². The molecule has 0 aromatic heterocycles. The Bertz CT molecular complexity index is 2100. The van der Waals surface area contributed by atoms with Gasteiger partial charge in [-0.3, -0.25) is 19.2 Å². The van der Waals surface area contributed by atoms with Crippen LogP contribution in [-0.2, 0) is 61.6 Å². The van der Waals surface area contributed by atoms with Crippen LogP contribution in [0.25, 0.3) is 0 Å². The summed E-state index contributed by atoms with van der Waals surface area (Å²) in [5.41, 5.74) is 1.26. The summed E-state index contributed by atoms with van der Waals surface area (Å²) < 4.78 is 48.7. The maximum atomic E-state index is 14.7. The van der Waals surface area contributed by atoms with Crippen LogP contribution in [0.15, 0.2) is 47.6 Å². The normalized spacial score (nSPS) is 33.7. The van der Waals surface area contributed by atoms with Crippen molar-refractivity contribution in [1.29, 1.82) is 0 Å². The summed E-state index contributed by atoms with van der Waals surface area (Å²) in [4.78, 5) is 73.2. The highest BCUT2D eigenvalue weighted by atomic mass is 28.4. The van der Waals surface area contributed by atoms with Crippen molar-refractivity contribution in [3.63, 3.8) is 0 Å². The molecule has 0 aromatic rings. The second-order valence-corrected chi connectivity index (χ2v) is 29.8. The molecule has 1 aliphatic carbocycles. The molecule has 2 bridgehead atoms. The smallest absolute Gasteiger partial charge is 0.329 e. The van der Waals surface area contributed by atoms with Crippen LogP contribution >= 0.6 is 0 Å². The molecule has 4 aliphatic rings. The molecule has 16 nitrogen and oxygen atoms in total. The molecule has 0 unspecified atom stereocenters. The van der Waals surface area contributed by atoms with Crippen LogP contribution in [0.3, 0.4) is 0 Å². The average Bonchev–Trinajstić information content (AvgIpc) is 3.41. The number of cyclic esters (lactones) is 1. The number of carbonyl (C=O) groups is 5. The predicted octanol–water partition coefficient (Wildman–Crippen LogP) is 9.63. The number of ether oxygens (including phenoxy) is 7. The molecule has 3 aliphatic heterocycles. The van der Waals surface area contributed by atoms with E-state index in [1.165, 1.54) is 12.0 Å². The molecule has 79 heavy (non-hydrogen) atoms. The van der Waals surface area contributed by atoms with Crippen LogP contribution in [0.1, 0.15) is 153 Å². The summed E-state index contributed by atoms with van der Waals surface area (Å²) in [7, 11) is 2.80. The first-order valence-electron chi connectivity index (χ1n) is 29.5. The molecule has 15 atom stereocenters. The number of ketones is 3. The van der Waals surface area contributed by atoms with Crippen molar-refractivity contribution < 1.29 is 71.8 Å². The van der Waals surface area contributed by atoms with Crippen molar-refractivity contribution in [3.05, 3.63) is 47.6 Å². The van der Waals surface area contributed by atoms with Crippen molar-refractivity contribution in [2.24, 2.45) is 35.5 Å². The van der Waals surface area contributed by atoms with Gasteiger partial charge in [0.2, 0.25) is 5.79 Å². The van der Waals surface area contributed by atoms with E-state index in [0.29, 0.717) is 70.3 Å². The van der Waals surface area contributed by atoms with Gasteiger partial charge in [-0.25, -0.2) is 4.79 Å². The lowest BCUT2D eigenvalue weighted by molar-refractivity contribution is -0.266. The monoisotopic (exact) mass is 1130 g/mol. The maximum Gasteiger partial charge on any atom is 0.329 e. The first-order valence-corrected chi connectivity index (χ1v) is 32.4. The molecule has 450 valence electrons. The van der Waals surface area contributed by atoms with E-state index in [2.05, 4.69) is 33.9 Å². The molecular formula is C62H103NO15Si. The standard InChI is InChI=1S/C62H103NO15Si/c1-40-22-17-16-18-23-41(2)52(75-33-32-71-11)38-48-27-25-46(7)62(70,78-48)58(67)59(68)63-29-20-19-24-49(63)60(69)77-53(39-50(64)42(3)35-45(6)56(66)57(73-13)55(65)44(5)34-40)43(4)36-47-26-28-51(54(37-47)72-12)74-30-21-31-76-79(14,15)61(8,9)10/h16-18,22-23,35,40,42-44,46-49,51-54,56-57,66,70H,19-21,24-34,36-39H2,1-15H3/t40-,42-,43-,44-,46-,47+,48+,49+,51-,52+,53+,54-,56-,57+,62-/m1/s1. The molecule has 2 N–H and O–H groups in total. The van der Waals surface area contributed by atoms with Gasteiger partial charge in [-0.05, 0) is 132 Å². The number of esters is 1. The van der Waals surface area contributed by atoms with E-state index in [9.17, 15) is 34.2 Å². The van der Waals surface area contributed by atoms with Crippen LogP contribution in [0.2, 0.25) is 18.1 Å². The molecule has 3 fully saturated rings. The lowest BCUT2D eigenvalue weighted by atomic mass is 9.78. The first-order chi connectivity index (χ1) is 37.2. The van der Waals surface area contributed by atoms with Crippen LogP contribution in [0, 0.1) is 35.5 Å². The summed E-state index contributed by atoms with van der Waals surface area (Å²) >= 11 is 0. The molecule has 0 radical (unpaired) electrons. The number of carbonyl (C=O) groups excluding carboxylic acids is 5. The highest BCUT2D eigenvalue weighted by Gasteiger charge is 2.53. The first kappa shape index (κ1) is 68.3. The van der Waals surface area contributed by atoms with Crippen molar-refractivity contribution in [2.75, 3.05) is 54.3 Å². The minimum Gasteiger partial charge on any atom is -0.460 e. The fraction of sp³-hybridized carbons (Fsp3) is 0.790. The SMILES string of the molecule is COCCO[C@H]1C[C@@H]2CC[C@@H](C)[C@@](O)(O2)C(=O)C(=O)N2CCCC[C@H]2C(=O)O[C@H]([C@H](C)C[C@@H]2CC[C@@H](OCCCO[Si](C)(C)C(C)(C)C)[C@H](OC)C2)CC(=O)[C@H](C)C=C(C)[C@@H](O)[C@@H](OC)C(=O)[C@H](C)C[C@H](C)C=CC=CC=C1C. The van der Waals surface area contributed by atoms with E-state index in [4.69, 9.17) is 37.6 Å². The Morgan fingerprint density at radius 3 is 2.22 bits per heavy atom.